The summed E-state index contributed by atoms with van der Waals surface area (Å²) in [6.07, 6.45) is 0.754. The number of halogens is 1. The van der Waals surface area contributed by atoms with Crippen LogP contribution in [0.3, 0.4) is 0 Å². The lowest BCUT2D eigenvalue weighted by molar-refractivity contribution is 1.01. The minimum absolute atomic E-state index is 0.417. The third kappa shape index (κ3) is 2.03. The fourth-order valence-corrected chi connectivity index (χ4v) is 2.37. The summed E-state index contributed by atoms with van der Waals surface area (Å²) in [5, 5.41) is 7.17. The van der Waals surface area contributed by atoms with Gasteiger partial charge >= 0.3 is 0 Å². The van der Waals surface area contributed by atoms with E-state index in [1.54, 1.807) is 0 Å². The molecule has 2 aromatic heterocycles. The predicted octanol–water partition coefficient (Wildman–Crippen LogP) is 2.13. The molecular weight excluding hydrogens is 341 g/mol. The van der Waals surface area contributed by atoms with Gasteiger partial charge in [-0.1, -0.05) is 30.3 Å². The number of aromatic nitrogens is 4. The van der Waals surface area contributed by atoms with Crippen LogP contribution in [0.15, 0.2) is 30.3 Å². The second-order valence-corrected chi connectivity index (χ2v) is 4.90. The van der Waals surface area contributed by atoms with Crippen molar-refractivity contribution in [3.63, 3.8) is 0 Å². The Kier molecular flexibility index (Phi) is 2.86. The Morgan fingerprint density at radius 1 is 1.11 bits per heavy atom. The average molecular weight is 351 g/mol. The Morgan fingerprint density at radius 3 is 2.67 bits per heavy atom. The first-order valence-electron chi connectivity index (χ1n) is 5.44. The van der Waals surface area contributed by atoms with E-state index in [4.69, 9.17) is 5.73 Å². The predicted molar refractivity (Wildman–Crippen MR) is 78.1 cm³/mol. The number of nitrogen functional groups attached to an aromatic ring is 1. The first kappa shape index (κ1) is 11.4. The molecule has 3 N–H and O–H groups in total. The van der Waals surface area contributed by atoms with E-state index in [1.165, 1.54) is 5.56 Å². The van der Waals surface area contributed by atoms with Gasteiger partial charge in [0.2, 0.25) is 0 Å². The number of hydrogen-bond donors (Lipinski definition) is 2. The molecule has 0 aliphatic rings. The Morgan fingerprint density at radius 2 is 1.89 bits per heavy atom. The van der Waals surface area contributed by atoms with Crippen LogP contribution in [0.4, 0.5) is 5.82 Å². The highest BCUT2D eigenvalue weighted by molar-refractivity contribution is 14.1. The fraction of sp³-hybridized carbons (Fsp3) is 0.0833. The first-order chi connectivity index (χ1) is 8.74. The van der Waals surface area contributed by atoms with Gasteiger partial charge in [0, 0.05) is 29.0 Å². The average Bonchev–Trinajstić information content (AvgIpc) is 2.74. The molecule has 18 heavy (non-hydrogen) atoms. The highest BCUT2D eigenvalue weighted by atomic mass is 127. The van der Waals surface area contributed by atoms with Gasteiger partial charge in [0.1, 0.15) is 5.52 Å². The maximum atomic E-state index is 5.83. The second-order valence-electron chi connectivity index (χ2n) is 3.94. The largest absolute Gasteiger partial charge is 0.382 e. The maximum Gasteiger partial charge on any atom is 0.193 e. The summed E-state index contributed by atoms with van der Waals surface area (Å²) in [6.45, 7) is 0. The maximum absolute atomic E-state index is 5.83. The van der Waals surface area contributed by atoms with Crippen molar-refractivity contribution in [1.29, 1.82) is 0 Å². The minimum Gasteiger partial charge on any atom is -0.382 e. The number of benzene rings is 1. The highest BCUT2D eigenvalue weighted by Crippen LogP contribution is 2.21. The number of anilines is 1. The molecule has 2 heterocycles. The Labute approximate surface area is 117 Å². The van der Waals surface area contributed by atoms with Crippen molar-refractivity contribution in [2.45, 2.75) is 6.42 Å². The third-order valence-corrected chi connectivity index (χ3v) is 3.18. The summed E-state index contributed by atoms with van der Waals surface area (Å²) in [5.74, 6) is 0.417. The molecule has 0 spiro atoms. The van der Waals surface area contributed by atoms with Crippen molar-refractivity contribution < 1.29 is 0 Å². The molecule has 0 bridgehead atoms. The summed E-state index contributed by atoms with van der Waals surface area (Å²) >= 11 is 2.05. The fourth-order valence-electron chi connectivity index (χ4n) is 1.86. The number of nitrogens with one attached hydrogen (secondary N) is 1. The van der Waals surface area contributed by atoms with Crippen LogP contribution in [0.2, 0.25) is 0 Å². The zero-order valence-corrected chi connectivity index (χ0v) is 11.5. The summed E-state index contributed by atoms with van der Waals surface area (Å²) in [7, 11) is 0. The Balaban J connectivity index is 2.08. The summed E-state index contributed by atoms with van der Waals surface area (Å²) in [5.41, 5.74) is 9.43. The summed E-state index contributed by atoms with van der Waals surface area (Å²) in [6, 6.07) is 10.2. The van der Waals surface area contributed by atoms with E-state index in [-0.39, 0.29) is 0 Å². The van der Waals surface area contributed by atoms with E-state index < -0.39 is 0 Å². The number of rotatable bonds is 2. The molecule has 3 aromatic rings. The molecule has 90 valence electrons. The van der Waals surface area contributed by atoms with Crippen LogP contribution in [-0.4, -0.2) is 20.2 Å². The zero-order valence-electron chi connectivity index (χ0n) is 9.39. The van der Waals surface area contributed by atoms with Crippen molar-refractivity contribution in [1.82, 2.24) is 20.2 Å². The lowest BCUT2D eigenvalue weighted by atomic mass is 10.1. The van der Waals surface area contributed by atoms with Crippen molar-refractivity contribution in [2.75, 3.05) is 5.73 Å². The Hall–Kier alpha value is -1.70. The first-order valence-corrected chi connectivity index (χ1v) is 6.52. The monoisotopic (exact) mass is 351 g/mol. The quantitative estimate of drug-likeness (QED) is 0.548. The molecule has 0 radical (unpaired) electrons. The van der Waals surface area contributed by atoms with Gasteiger partial charge in [0.05, 0.1) is 5.69 Å². The van der Waals surface area contributed by atoms with Crippen LogP contribution in [0.1, 0.15) is 11.3 Å². The number of nitrogens with zero attached hydrogens (tertiary/aromatic N) is 3. The number of hydrogen-bond acceptors (Lipinski definition) is 4. The molecular formula is C12H10IN5. The normalized spacial score (nSPS) is 10.9. The standard InChI is InChI=1S/C12H10IN5/c13-12-15-9-8(6-7-4-2-1-3-5-7)17-18-10(9)11(14)16-12/h1-5H,6H2,(H,17,18)(H2,14,15,16). The van der Waals surface area contributed by atoms with E-state index in [0.29, 0.717) is 15.2 Å². The molecule has 0 unspecified atom stereocenters. The van der Waals surface area contributed by atoms with Gasteiger partial charge in [0.25, 0.3) is 0 Å². The molecule has 3 rings (SSSR count). The van der Waals surface area contributed by atoms with E-state index in [9.17, 15) is 0 Å². The lowest BCUT2D eigenvalue weighted by Crippen LogP contribution is -1.97. The molecule has 5 nitrogen and oxygen atoms in total. The lowest BCUT2D eigenvalue weighted by Gasteiger charge is -1.99. The zero-order chi connectivity index (χ0) is 12.5. The molecule has 0 saturated heterocycles. The minimum atomic E-state index is 0.417. The van der Waals surface area contributed by atoms with E-state index in [0.717, 1.165) is 17.6 Å². The number of H-pyrrole nitrogens is 1. The summed E-state index contributed by atoms with van der Waals surface area (Å²) < 4.78 is 0.633. The van der Waals surface area contributed by atoms with Crippen molar-refractivity contribution in [2.24, 2.45) is 0 Å². The van der Waals surface area contributed by atoms with Gasteiger partial charge in [-0.15, -0.1) is 0 Å². The van der Waals surface area contributed by atoms with Crippen molar-refractivity contribution in [3.8, 4) is 0 Å². The topological polar surface area (TPSA) is 80.5 Å². The molecule has 0 atom stereocenters. The van der Waals surface area contributed by atoms with Crippen molar-refractivity contribution in [3.05, 3.63) is 45.4 Å². The molecule has 1 aromatic carbocycles. The number of aromatic amines is 1. The molecule has 0 amide bonds. The molecule has 0 aliphatic carbocycles. The highest BCUT2D eigenvalue weighted by Gasteiger charge is 2.12. The molecule has 0 aliphatic heterocycles. The molecule has 6 heteroatoms. The SMILES string of the molecule is Nc1nc(I)nc2c(Cc3ccccc3)[nH]nc12. The van der Waals surface area contributed by atoms with E-state index >= 15 is 0 Å². The van der Waals surface area contributed by atoms with Gasteiger partial charge < -0.3 is 5.73 Å². The summed E-state index contributed by atoms with van der Waals surface area (Å²) in [4.78, 5) is 8.49. The van der Waals surface area contributed by atoms with Gasteiger partial charge in [0.15, 0.2) is 15.2 Å². The van der Waals surface area contributed by atoms with Crippen LogP contribution in [-0.2, 0) is 6.42 Å². The second kappa shape index (κ2) is 4.52. The van der Waals surface area contributed by atoms with Gasteiger partial charge in [-0.3, -0.25) is 5.10 Å². The van der Waals surface area contributed by atoms with Gasteiger partial charge in [-0.25, -0.2) is 9.97 Å². The third-order valence-electron chi connectivity index (χ3n) is 2.70. The van der Waals surface area contributed by atoms with Crippen LogP contribution in [0, 0.1) is 3.83 Å². The number of nitrogens with two attached hydrogens (primary N) is 1. The van der Waals surface area contributed by atoms with Crippen LogP contribution in [0.25, 0.3) is 11.0 Å². The number of fused-ring (bicyclic) bond motifs is 1. The van der Waals surface area contributed by atoms with Gasteiger partial charge in [-0.05, 0) is 5.56 Å². The van der Waals surface area contributed by atoms with Crippen LogP contribution < -0.4 is 5.73 Å². The molecule has 0 saturated carbocycles. The van der Waals surface area contributed by atoms with Crippen LogP contribution >= 0.6 is 22.6 Å². The smallest absolute Gasteiger partial charge is 0.193 e. The van der Waals surface area contributed by atoms with E-state index in [1.807, 2.05) is 18.2 Å². The Bertz CT molecular complexity index is 692. The van der Waals surface area contributed by atoms with Gasteiger partial charge in [-0.2, -0.15) is 5.10 Å². The van der Waals surface area contributed by atoms with Crippen molar-refractivity contribution >= 4 is 39.4 Å². The molecule has 0 fully saturated rings. The van der Waals surface area contributed by atoms with Crippen LogP contribution in [0.5, 0.6) is 0 Å². The van der Waals surface area contributed by atoms with E-state index in [2.05, 4.69) is 54.9 Å².